The van der Waals surface area contributed by atoms with E-state index in [0.29, 0.717) is 29.7 Å². The van der Waals surface area contributed by atoms with Crippen molar-refractivity contribution < 1.29 is 9.53 Å². The van der Waals surface area contributed by atoms with Crippen molar-refractivity contribution in [2.75, 3.05) is 6.61 Å². The molecule has 4 heteroatoms. The second-order valence-electron chi connectivity index (χ2n) is 7.00. The molecule has 0 bridgehead atoms. The quantitative estimate of drug-likeness (QED) is 0.557. The molecule has 0 aliphatic heterocycles. The summed E-state index contributed by atoms with van der Waals surface area (Å²) in [7, 11) is 0. The topological polar surface area (TPSA) is 38.3 Å². The zero-order valence-corrected chi connectivity index (χ0v) is 16.4. The minimum atomic E-state index is -0.144. The normalized spacial score (nSPS) is 11.0. The van der Waals surface area contributed by atoms with Crippen molar-refractivity contribution >= 4 is 28.3 Å². The van der Waals surface area contributed by atoms with Gasteiger partial charge in [-0.15, -0.1) is 0 Å². The highest BCUT2D eigenvalue weighted by atomic mass is 35.5. The Balaban J connectivity index is 1.80. The minimum Gasteiger partial charge on any atom is -0.493 e. The third kappa shape index (κ3) is 5.01. The van der Waals surface area contributed by atoms with Gasteiger partial charge >= 0.3 is 0 Å². The van der Waals surface area contributed by atoms with Crippen molar-refractivity contribution in [1.82, 2.24) is 5.32 Å². The zero-order valence-electron chi connectivity index (χ0n) is 15.7. The monoisotopic (exact) mass is 381 g/mol. The van der Waals surface area contributed by atoms with Crippen LogP contribution in [0.15, 0.2) is 60.7 Å². The van der Waals surface area contributed by atoms with E-state index < -0.39 is 0 Å². The molecule has 0 saturated carbocycles. The Bertz CT molecular complexity index is 937. The van der Waals surface area contributed by atoms with Gasteiger partial charge in [-0.3, -0.25) is 4.79 Å². The average molecular weight is 382 g/mol. The lowest BCUT2D eigenvalue weighted by Gasteiger charge is -2.13. The minimum absolute atomic E-state index is 0.144. The molecule has 0 atom stereocenters. The first-order valence-electron chi connectivity index (χ1n) is 9.22. The van der Waals surface area contributed by atoms with Gasteiger partial charge in [0.2, 0.25) is 0 Å². The molecule has 0 fully saturated rings. The molecule has 0 aliphatic rings. The number of fused-ring (bicyclic) bond motifs is 1. The first-order chi connectivity index (χ1) is 13.0. The Labute approximate surface area is 165 Å². The van der Waals surface area contributed by atoms with Gasteiger partial charge in [0.1, 0.15) is 5.75 Å². The molecule has 0 aromatic heterocycles. The molecule has 1 amide bonds. The molecule has 0 heterocycles. The SMILES string of the molecule is CC(C)CCOc1cc(C(=O)NCc2ccccc2Cl)cc2ccccc12. The van der Waals surface area contributed by atoms with Gasteiger partial charge in [-0.05, 0) is 41.5 Å². The van der Waals surface area contributed by atoms with Crippen molar-refractivity contribution in [3.63, 3.8) is 0 Å². The molecular formula is C23H24ClNO2. The Morgan fingerprint density at radius 3 is 2.59 bits per heavy atom. The fourth-order valence-electron chi connectivity index (χ4n) is 2.85. The van der Waals surface area contributed by atoms with Crippen molar-refractivity contribution in [2.24, 2.45) is 5.92 Å². The number of hydrogen-bond donors (Lipinski definition) is 1. The second-order valence-corrected chi connectivity index (χ2v) is 7.41. The molecule has 1 N–H and O–H groups in total. The summed E-state index contributed by atoms with van der Waals surface area (Å²) in [6.07, 6.45) is 0.970. The van der Waals surface area contributed by atoms with Gasteiger partial charge in [0.25, 0.3) is 5.91 Å². The van der Waals surface area contributed by atoms with Crippen LogP contribution in [0.4, 0.5) is 0 Å². The number of benzene rings is 3. The molecule has 0 spiro atoms. The van der Waals surface area contributed by atoms with E-state index in [9.17, 15) is 4.79 Å². The summed E-state index contributed by atoms with van der Waals surface area (Å²) in [5.41, 5.74) is 1.47. The Hall–Kier alpha value is -2.52. The van der Waals surface area contributed by atoms with Gasteiger partial charge in [-0.25, -0.2) is 0 Å². The predicted octanol–water partition coefficient (Wildman–Crippen LogP) is 5.85. The molecule has 27 heavy (non-hydrogen) atoms. The summed E-state index contributed by atoms with van der Waals surface area (Å²) in [6, 6.07) is 19.2. The van der Waals surface area contributed by atoms with E-state index >= 15 is 0 Å². The van der Waals surface area contributed by atoms with Crippen LogP contribution in [-0.2, 0) is 6.54 Å². The number of hydrogen-bond acceptors (Lipinski definition) is 2. The molecule has 3 rings (SSSR count). The summed E-state index contributed by atoms with van der Waals surface area (Å²) in [5.74, 6) is 1.17. The van der Waals surface area contributed by atoms with Gasteiger partial charge in [0.15, 0.2) is 0 Å². The fraction of sp³-hybridized carbons (Fsp3) is 0.261. The van der Waals surface area contributed by atoms with Crippen molar-refractivity contribution in [1.29, 1.82) is 0 Å². The highest BCUT2D eigenvalue weighted by Gasteiger charge is 2.12. The maximum Gasteiger partial charge on any atom is 0.251 e. The van der Waals surface area contributed by atoms with Crippen molar-refractivity contribution in [2.45, 2.75) is 26.8 Å². The third-order valence-corrected chi connectivity index (χ3v) is 4.80. The van der Waals surface area contributed by atoms with Gasteiger partial charge in [-0.1, -0.05) is 67.9 Å². The Morgan fingerprint density at radius 1 is 1.07 bits per heavy atom. The molecular weight excluding hydrogens is 358 g/mol. The highest BCUT2D eigenvalue weighted by molar-refractivity contribution is 6.31. The molecule has 0 saturated heterocycles. The Morgan fingerprint density at radius 2 is 1.81 bits per heavy atom. The number of carbonyl (C=O) groups excluding carboxylic acids is 1. The first kappa shape index (κ1) is 19.2. The van der Waals surface area contributed by atoms with Crippen LogP contribution in [0.2, 0.25) is 5.02 Å². The summed E-state index contributed by atoms with van der Waals surface area (Å²) in [4.78, 5) is 12.7. The lowest BCUT2D eigenvalue weighted by Crippen LogP contribution is -2.23. The second kappa shape index (κ2) is 8.92. The van der Waals surface area contributed by atoms with E-state index in [2.05, 4.69) is 19.2 Å². The van der Waals surface area contributed by atoms with Crippen LogP contribution >= 0.6 is 11.6 Å². The van der Waals surface area contributed by atoms with Crippen LogP contribution in [-0.4, -0.2) is 12.5 Å². The van der Waals surface area contributed by atoms with Crippen LogP contribution in [0.5, 0.6) is 5.75 Å². The maximum absolute atomic E-state index is 12.7. The molecule has 3 aromatic carbocycles. The van der Waals surface area contributed by atoms with Crippen LogP contribution < -0.4 is 10.1 Å². The summed E-state index contributed by atoms with van der Waals surface area (Å²) >= 11 is 6.17. The number of rotatable bonds is 7. The molecule has 0 unspecified atom stereocenters. The highest BCUT2D eigenvalue weighted by Crippen LogP contribution is 2.28. The van der Waals surface area contributed by atoms with Crippen LogP contribution in [0.1, 0.15) is 36.2 Å². The standard InChI is InChI=1S/C23H24ClNO2/c1-16(2)11-12-27-22-14-19(13-17-7-3-5-9-20(17)22)23(26)25-15-18-8-4-6-10-21(18)24/h3-10,13-14,16H,11-12,15H2,1-2H3,(H,25,26). The molecule has 0 radical (unpaired) electrons. The van der Waals surface area contributed by atoms with Crippen molar-refractivity contribution in [3.05, 3.63) is 76.8 Å². The van der Waals surface area contributed by atoms with Gasteiger partial charge < -0.3 is 10.1 Å². The van der Waals surface area contributed by atoms with E-state index in [1.165, 1.54) is 0 Å². The number of halogens is 1. The lowest BCUT2D eigenvalue weighted by molar-refractivity contribution is 0.0950. The van der Waals surface area contributed by atoms with E-state index in [-0.39, 0.29) is 5.91 Å². The largest absolute Gasteiger partial charge is 0.493 e. The van der Waals surface area contributed by atoms with Crippen LogP contribution in [0, 0.1) is 5.92 Å². The summed E-state index contributed by atoms with van der Waals surface area (Å²) in [6.45, 7) is 5.35. The molecule has 3 nitrogen and oxygen atoms in total. The van der Waals surface area contributed by atoms with Gasteiger partial charge in [0, 0.05) is 22.5 Å². The predicted molar refractivity (Wildman–Crippen MR) is 112 cm³/mol. The number of nitrogens with one attached hydrogen (secondary N) is 1. The van der Waals surface area contributed by atoms with E-state index in [1.807, 2.05) is 60.7 Å². The van der Waals surface area contributed by atoms with E-state index in [1.54, 1.807) is 0 Å². The molecule has 0 aliphatic carbocycles. The zero-order chi connectivity index (χ0) is 19.2. The van der Waals surface area contributed by atoms with Crippen LogP contribution in [0.3, 0.4) is 0 Å². The summed E-state index contributed by atoms with van der Waals surface area (Å²) in [5, 5.41) is 5.60. The molecule has 140 valence electrons. The van der Waals surface area contributed by atoms with Crippen molar-refractivity contribution in [3.8, 4) is 5.75 Å². The Kier molecular flexibility index (Phi) is 6.36. The number of ether oxygens (including phenoxy) is 1. The maximum atomic E-state index is 12.7. The average Bonchev–Trinajstić information content (AvgIpc) is 2.66. The van der Waals surface area contributed by atoms with Gasteiger partial charge in [-0.2, -0.15) is 0 Å². The number of amides is 1. The van der Waals surface area contributed by atoms with E-state index in [0.717, 1.165) is 28.5 Å². The fourth-order valence-corrected chi connectivity index (χ4v) is 3.05. The smallest absolute Gasteiger partial charge is 0.251 e. The molecule has 3 aromatic rings. The third-order valence-electron chi connectivity index (χ3n) is 4.44. The number of carbonyl (C=O) groups is 1. The van der Waals surface area contributed by atoms with E-state index in [4.69, 9.17) is 16.3 Å². The van der Waals surface area contributed by atoms with Crippen LogP contribution in [0.25, 0.3) is 10.8 Å². The summed E-state index contributed by atoms with van der Waals surface area (Å²) < 4.78 is 6.00. The van der Waals surface area contributed by atoms with Gasteiger partial charge in [0.05, 0.1) is 6.61 Å². The first-order valence-corrected chi connectivity index (χ1v) is 9.59. The lowest BCUT2D eigenvalue weighted by atomic mass is 10.0.